The first-order valence-corrected chi connectivity index (χ1v) is 9.11. The maximum atomic E-state index is 8.84. The molecule has 0 spiro atoms. The Kier molecular flexibility index (Phi) is 8.03. The molecule has 1 atom stereocenters. The molecule has 6 nitrogen and oxygen atoms in total. The fraction of sp³-hybridized carbons (Fsp3) is 0.667. The van der Waals surface area contributed by atoms with Crippen LogP contribution in [-0.2, 0) is 13.0 Å². The molecule has 1 aliphatic heterocycles. The van der Waals surface area contributed by atoms with Crippen molar-refractivity contribution in [3.8, 4) is 11.5 Å². The Labute approximate surface area is 151 Å². The molecule has 1 heterocycles. The highest BCUT2D eigenvalue weighted by Gasteiger charge is 2.19. The Bertz CT molecular complexity index is 542. The van der Waals surface area contributed by atoms with Crippen molar-refractivity contribution in [1.29, 1.82) is 0 Å². The van der Waals surface area contributed by atoms with Crippen LogP contribution in [0.3, 0.4) is 0 Å². The summed E-state index contributed by atoms with van der Waals surface area (Å²) in [6, 6.07) is 4.34. The van der Waals surface area contributed by atoms with Crippen molar-refractivity contribution in [2.75, 3.05) is 27.3 Å². The van der Waals surface area contributed by atoms with E-state index in [1.807, 2.05) is 0 Å². The number of fused-ring (bicyclic) bond motifs is 1. The molecule has 0 aliphatic carbocycles. The Morgan fingerprint density at radius 2 is 1.80 bits per heavy atom. The van der Waals surface area contributed by atoms with Gasteiger partial charge in [0, 0.05) is 19.1 Å². The normalized spacial score (nSPS) is 15.6. The van der Waals surface area contributed by atoms with Gasteiger partial charge in [-0.25, -0.2) is 0 Å². The van der Waals surface area contributed by atoms with Crippen molar-refractivity contribution in [3.63, 3.8) is 0 Å². The number of benzene rings is 1. The van der Waals surface area contributed by atoms with Gasteiger partial charge in [0.25, 0.3) is 0 Å². The van der Waals surface area contributed by atoms with E-state index in [1.165, 1.54) is 11.1 Å². The lowest BCUT2D eigenvalue weighted by molar-refractivity contribution is 0.241. The van der Waals surface area contributed by atoms with E-state index in [9.17, 15) is 0 Å². The Morgan fingerprint density at radius 1 is 1.12 bits per heavy atom. The Balaban J connectivity index is 1.78. The largest absolute Gasteiger partial charge is 0.493 e. The van der Waals surface area contributed by atoms with E-state index in [0.717, 1.165) is 63.2 Å². The van der Waals surface area contributed by atoms with Crippen molar-refractivity contribution >= 4 is 7.12 Å². The monoisotopic (exact) mass is 350 g/mol. The number of unbranched alkanes of at least 4 members (excludes halogenated alkanes) is 1. The van der Waals surface area contributed by atoms with E-state index >= 15 is 0 Å². The molecule has 140 valence electrons. The Hall–Kier alpha value is -1.28. The van der Waals surface area contributed by atoms with Crippen LogP contribution in [0.25, 0.3) is 0 Å². The number of rotatable bonds is 10. The third kappa shape index (κ3) is 6.19. The molecule has 0 radical (unpaired) electrons. The van der Waals surface area contributed by atoms with Gasteiger partial charge >= 0.3 is 7.12 Å². The minimum atomic E-state index is -1.19. The van der Waals surface area contributed by atoms with Crippen molar-refractivity contribution in [1.82, 2.24) is 4.90 Å². The number of ether oxygens (including phenoxy) is 2. The fourth-order valence-corrected chi connectivity index (χ4v) is 3.36. The van der Waals surface area contributed by atoms with E-state index in [4.69, 9.17) is 25.3 Å². The SMILES string of the molecule is COc1cc2c(cc1OC)CN(CCC(N)CCCCB(O)O)CC2. The summed E-state index contributed by atoms with van der Waals surface area (Å²) in [6.45, 7) is 2.93. The van der Waals surface area contributed by atoms with E-state index < -0.39 is 7.12 Å². The van der Waals surface area contributed by atoms with E-state index in [2.05, 4.69) is 17.0 Å². The minimum Gasteiger partial charge on any atom is -0.493 e. The van der Waals surface area contributed by atoms with Crippen LogP contribution in [0.2, 0.25) is 6.32 Å². The Morgan fingerprint density at radius 3 is 2.44 bits per heavy atom. The van der Waals surface area contributed by atoms with Gasteiger partial charge in [-0.15, -0.1) is 0 Å². The summed E-state index contributed by atoms with van der Waals surface area (Å²) >= 11 is 0. The predicted molar refractivity (Wildman–Crippen MR) is 100.0 cm³/mol. The summed E-state index contributed by atoms with van der Waals surface area (Å²) in [5, 5.41) is 17.7. The van der Waals surface area contributed by atoms with Gasteiger partial charge in [0.05, 0.1) is 14.2 Å². The third-order valence-electron chi connectivity index (χ3n) is 4.90. The van der Waals surface area contributed by atoms with Gasteiger partial charge in [-0.1, -0.05) is 12.8 Å². The second-order valence-corrected chi connectivity index (χ2v) is 6.82. The first-order valence-electron chi connectivity index (χ1n) is 9.11. The van der Waals surface area contributed by atoms with Gasteiger partial charge in [-0.3, -0.25) is 4.90 Å². The highest BCUT2D eigenvalue weighted by molar-refractivity contribution is 6.40. The number of methoxy groups -OCH3 is 2. The molecule has 4 N–H and O–H groups in total. The van der Waals surface area contributed by atoms with Gasteiger partial charge in [-0.2, -0.15) is 0 Å². The van der Waals surface area contributed by atoms with Gasteiger partial charge in [-0.05, 0) is 55.4 Å². The van der Waals surface area contributed by atoms with Crippen LogP contribution in [-0.4, -0.2) is 55.4 Å². The molecule has 0 fully saturated rings. The maximum absolute atomic E-state index is 8.84. The molecular weight excluding hydrogens is 319 g/mol. The molecule has 1 aromatic rings. The number of hydrogen-bond donors (Lipinski definition) is 3. The summed E-state index contributed by atoms with van der Waals surface area (Å²) in [5.74, 6) is 1.58. The van der Waals surface area contributed by atoms with E-state index in [-0.39, 0.29) is 6.04 Å². The van der Waals surface area contributed by atoms with Crippen LogP contribution in [0.1, 0.15) is 36.8 Å². The first kappa shape index (κ1) is 20.0. The average molecular weight is 350 g/mol. The molecule has 0 amide bonds. The highest BCUT2D eigenvalue weighted by atomic mass is 16.5. The van der Waals surface area contributed by atoms with Crippen LogP contribution in [0.4, 0.5) is 0 Å². The zero-order valence-electron chi connectivity index (χ0n) is 15.4. The molecule has 1 aromatic carbocycles. The molecule has 25 heavy (non-hydrogen) atoms. The fourth-order valence-electron chi connectivity index (χ4n) is 3.36. The van der Waals surface area contributed by atoms with Crippen molar-refractivity contribution in [2.45, 2.75) is 51.0 Å². The van der Waals surface area contributed by atoms with Crippen LogP contribution < -0.4 is 15.2 Å². The number of nitrogens with two attached hydrogens (primary N) is 1. The molecule has 1 aliphatic rings. The zero-order chi connectivity index (χ0) is 18.2. The smallest absolute Gasteiger partial charge is 0.451 e. The average Bonchev–Trinajstić information content (AvgIpc) is 2.61. The quantitative estimate of drug-likeness (QED) is 0.437. The molecule has 1 unspecified atom stereocenters. The predicted octanol–water partition coefficient (Wildman–Crippen LogP) is 1.42. The lowest BCUT2D eigenvalue weighted by atomic mass is 9.83. The van der Waals surface area contributed by atoms with E-state index in [0.29, 0.717) is 6.32 Å². The molecule has 7 heteroatoms. The van der Waals surface area contributed by atoms with Crippen LogP contribution >= 0.6 is 0 Å². The third-order valence-corrected chi connectivity index (χ3v) is 4.90. The van der Waals surface area contributed by atoms with Gasteiger partial charge in [0.2, 0.25) is 0 Å². The summed E-state index contributed by atoms with van der Waals surface area (Å²) in [6.07, 6.45) is 5.09. The lowest BCUT2D eigenvalue weighted by Gasteiger charge is -2.30. The number of nitrogens with zero attached hydrogens (tertiary/aromatic N) is 1. The summed E-state index contributed by atoms with van der Waals surface area (Å²) in [4.78, 5) is 2.44. The van der Waals surface area contributed by atoms with Crippen LogP contribution in [0.5, 0.6) is 11.5 Å². The molecule has 0 saturated heterocycles. The second-order valence-electron chi connectivity index (χ2n) is 6.82. The highest BCUT2D eigenvalue weighted by Crippen LogP contribution is 2.33. The lowest BCUT2D eigenvalue weighted by Crippen LogP contribution is -2.34. The maximum Gasteiger partial charge on any atom is 0.451 e. The molecule has 2 rings (SSSR count). The number of hydrogen-bond acceptors (Lipinski definition) is 6. The minimum absolute atomic E-state index is 0.169. The van der Waals surface area contributed by atoms with Crippen molar-refractivity contribution in [3.05, 3.63) is 23.3 Å². The second kappa shape index (κ2) is 10.0. The van der Waals surface area contributed by atoms with Gasteiger partial charge in [0.1, 0.15) is 0 Å². The standard InChI is InChI=1S/C18H31BN2O4/c1-24-17-11-14-6-9-21(13-15(14)12-18(17)25-2)10-7-16(20)5-3-4-8-19(22)23/h11-12,16,22-23H,3-10,13,20H2,1-2H3. The molecule has 0 saturated carbocycles. The molecule has 0 aromatic heterocycles. The molecular formula is C18H31BN2O4. The topological polar surface area (TPSA) is 88.2 Å². The van der Waals surface area contributed by atoms with E-state index in [1.54, 1.807) is 14.2 Å². The first-order chi connectivity index (χ1) is 12.0. The van der Waals surface area contributed by atoms with Gasteiger partial charge in [0.15, 0.2) is 11.5 Å². The van der Waals surface area contributed by atoms with Crippen molar-refractivity contribution < 1.29 is 19.5 Å². The summed E-state index contributed by atoms with van der Waals surface area (Å²) < 4.78 is 10.8. The van der Waals surface area contributed by atoms with Gasteiger partial charge < -0.3 is 25.3 Å². The molecule has 0 bridgehead atoms. The zero-order valence-corrected chi connectivity index (χ0v) is 15.4. The summed E-state index contributed by atoms with van der Waals surface area (Å²) in [5.41, 5.74) is 8.83. The summed E-state index contributed by atoms with van der Waals surface area (Å²) in [7, 11) is 2.14. The van der Waals surface area contributed by atoms with Crippen LogP contribution in [0.15, 0.2) is 12.1 Å². The van der Waals surface area contributed by atoms with Crippen LogP contribution in [0, 0.1) is 0 Å². The van der Waals surface area contributed by atoms with Crippen molar-refractivity contribution in [2.24, 2.45) is 5.73 Å².